The second-order valence-corrected chi connectivity index (χ2v) is 9.29. The van der Waals surface area contributed by atoms with Gasteiger partial charge in [0.05, 0.1) is 19.3 Å². The molecule has 11 heteroatoms. The molecule has 2 rings (SSSR count). The minimum Gasteiger partial charge on any atom is -0.388 e. The van der Waals surface area contributed by atoms with Gasteiger partial charge in [-0.3, -0.25) is 23.5 Å². The number of hydrogen-bond donors (Lipinski definition) is 4. The second kappa shape index (κ2) is 8.28. The van der Waals surface area contributed by atoms with Gasteiger partial charge in [-0.05, 0) is 6.42 Å². The third-order valence-electron chi connectivity index (χ3n) is 4.53. The molecule has 7 atom stereocenters. The average Bonchev–Trinajstić information content (AvgIpc) is 2.79. The average molecular weight is 394 g/mol. The largest absolute Gasteiger partial charge is 0.388 e. The molecule has 0 saturated carbocycles. The van der Waals surface area contributed by atoms with Gasteiger partial charge in [0, 0.05) is 34.1 Å². The van der Waals surface area contributed by atoms with Crippen molar-refractivity contribution in [3.05, 3.63) is 0 Å². The van der Waals surface area contributed by atoms with Gasteiger partial charge in [-0.2, -0.15) is 0 Å². The molecule has 0 aromatic heterocycles. The Morgan fingerprint density at radius 2 is 1.92 bits per heavy atom. The normalized spacial score (nSPS) is 37.8. The van der Waals surface area contributed by atoms with Crippen LogP contribution in [0.4, 0.5) is 0 Å². The number of carbonyl (C=O) groups excluding carboxylic acids is 2. The standard InChI is InChI=1S/C15H26N2O8S/c1-8-7-10(18)17(14(8)22)4-5-24-15-13(21)12(20)11(19)9(25-15)3-6-26(2,16)23/h8-9,11-13,15-16,19-21H,3-7H2,1-2H3/t8?,9-,11-,12+,13+,15+,26?/m1/s1. The highest BCUT2D eigenvalue weighted by molar-refractivity contribution is 7.91. The highest BCUT2D eigenvalue weighted by Gasteiger charge is 2.44. The lowest BCUT2D eigenvalue weighted by atomic mass is 9.97. The molecule has 0 aliphatic carbocycles. The number of aliphatic hydroxyl groups excluding tert-OH is 3. The van der Waals surface area contributed by atoms with Crippen LogP contribution in [0.15, 0.2) is 0 Å². The minimum atomic E-state index is -2.80. The molecule has 26 heavy (non-hydrogen) atoms. The Morgan fingerprint density at radius 1 is 1.27 bits per heavy atom. The number of rotatable bonds is 7. The topological polar surface area (TPSA) is 157 Å². The molecule has 2 unspecified atom stereocenters. The Bertz CT molecular complexity index is 640. The van der Waals surface area contributed by atoms with E-state index >= 15 is 0 Å². The number of nitrogens with zero attached hydrogens (tertiary/aromatic N) is 1. The third kappa shape index (κ3) is 4.99. The van der Waals surface area contributed by atoms with E-state index in [4.69, 9.17) is 14.3 Å². The van der Waals surface area contributed by atoms with Crippen molar-refractivity contribution in [3.8, 4) is 0 Å². The molecule has 2 aliphatic heterocycles. The number of amides is 2. The fourth-order valence-corrected chi connectivity index (χ4v) is 3.66. The van der Waals surface area contributed by atoms with Crippen LogP contribution in [0.2, 0.25) is 0 Å². The van der Waals surface area contributed by atoms with Crippen LogP contribution >= 0.6 is 0 Å². The maximum Gasteiger partial charge on any atom is 0.232 e. The highest BCUT2D eigenvalue weighted by Crippen LogP contribution is 2.25. The summed E-state index contributed by atoms with van der Waals surface area (Å²) in [7, 11) is -2.80. The maximum absolute atomic E-state index is 11.8. The van der Waals surface area contributed by atoms with Gasteiger partial charge in [-0.1, -0.05) is 6.92 Å². The van der Waals surface area contributed by atoms with Crippen LogP contribution in [0.3, 0.4) is 0 Å². The maximum atomic E-state index is 11.8. The van der Waals surface area contributed by atoms with E-state index < -0.39 is 40.4 Å². The fourth-order valence-electron chi connectivity index (χ4n) is 2.98. The summed E-state index contributed by atoms with van der Waals surface area (Å²) in [4.78, 5) is 24.6. The number of nitrogens with one attached hydrogen (secondary N) is 1. The molecule has 10 nitrogen and oxygen atoms in total. The Labute approximate surface area is 152 Å². The van der Waals surface area contributed by atoms with Gasteiger partial charge < -0.3 is 24.8 Å². The van der Waals surface area contributed by atoms with Crippen molar-refractivity contribution in [1.82, 2.24) is 4.90 Å². The molecule has 0 radical (unpaired) electrons. The van der Waals surface area contributed by atoms with Crippen LogP contribution in [-0.2, 0) is 28.8 Å². The number of aliphatic hydroxyl groups is 3. The van der Waals surface area contributed by atoms with Gasteiger partial charge in [-0.15, -0.1) is 0 Å². The molecular formula is C15H26N2O8S. The van der Waals surface area contributed by atoms with Crippen molar-refractivity contribution >= 4 is 21.5 Å². The van der Waals surface area contributed by atoms with Gasteiger partial charge in [0.1, 0.15) is 18.3 Å². The Morgan fingerprint density at radius 3 is 2.46 bits per heavy atom. The van der Waals surface area contributed by atoms with Crippen molar-refractivity contribution in [2.75, 3.05) is 25.2 Å². The molecule has 2 fully saturated rings. The summed E-state index contributed by atoms with van der Waals surface area (Å²) in [5.41, 5.74) is 0. The van der Waals surface area contributed by atoms with Crippen molar-refractivity contribution < 1.29 is 38.6 Å². The molecule has 2 saturated heterocycles. The summed E-state index contributed by atoms with van der Waals surface area (Å²) in [5.74, 6) is -0.990. The molecule has 0 aromatic rings. The predicted octanol–water partition coefficient (Wildman–Crippen LogP) is -1.73. The van der Waals surface area contributed by atoms with Crippen molar-refractivity contribution in [2.45, 2.75) is 50.5 Å². The predicted molar refractivity (Wildman–Crippen MR) is 89.4 cm³/mol. The van der Waals surface area contributed by atoms with Crippen molar-refractivity contribution in [3.63, 3.8) is 0 Å². The van der Waals surface area contributed by atoms with Gasteiger partial charge >= 0.3 is 0 Å². The lowest BCUT2D eigenvalue weighted by molar-refractivity contribution is -0.296. The summed E-state index contributed by atoms with van der Waals surface area (Å²) in [6.45, 7) is 1.55. The van der Waals surface area contributed by atoms with E-state index in [9.17, 15) is 29.1 Å². The van der Waals surface area contributed by atoms with E-state index in [-0.39, 0.29) is 49.5 Å². The van der Waals surface area contributed by atoms with Crippen LogP contribution in [-0.4, -0.2) is 92.1 Å². The Kier molecular flexibility index (Phi) is 6.75. The first-order valence-corrected chi connectivity index (χ1v) is 10.5. The van der Waals surface area contributed by atoms with Gasteiger partial charge in [0.2, 0.25) is 11.8 Å². The third-order valence-corrected chi connectivity index (χ3v) is 5.54. The Hall–Kier alpha value is -1.11. The zero-order valence-corrected chi connectivity index (χ0v) is 15.6. The molecule has 2 heterocycles. The second-order valence-electron chi connectivity index (χ2n) is 6.87. The van der Waals surface area contributed by atoms with Crippen molar-refractivity contribution in [1.29, 1.82) is 4.78 Å². The zero-order chi connectivity index (χ0) is 19.6. The first-order chi connectivity index (χ1) is 12.0. The molecule has 0 spiro atoms. The van der Waals surface area contributed by atoms with Crippen LogP contribution in [0, 0.1) is 10.7 Å². The van der Waals surface area contributed by atoms with E-state index in [1.54, 1.807) is 6.92 Å². The Balaban J connectivity index is 1.90. The van der Waals surface area contributed by atoms with Gasteiger partial charge in [0.25, 0.3) is 0 Å². The minimum absolute atomic E-state index is 0.00655. The lowest BCUT2D eigenvalue weighted by Crippen LogP contribution is -2.58. The summed E-state index contributed by atoms with van der Waals surface area (Å²) in [6, 6.07) is 0. The van der Waals surface area contributed by atoms with Crippen LogP contribution in [0.5, 0.6) is 0 Å². The molecule has 0 bridgehead atoms. The summed E-state index contributed by atoms with van der Waals surface area (Å²) >= 11 is 0. The summed E-state index contributed by atoms with van der Waals surface area (Å²) in [5, 5.41) is 29.9. The smallest absolute Gasteiger partial charge is 0.232 e. The van der Waals surface area contributed by atoms with Gasteiger partial charge in [-0.25, -0.2) is 0 Å². The number of imide groups is 1. The van der Waals surface area contributed by atoms with E-state index in [0.717, 1.165) is 4.90 Å². The number of ether oxygens (including phenoxy) is 2. The van der Waals surface area contributed by atoms with E-state index in [2.05, 4.69) is 0 Å². The number of carbonyl (C=O) groups is 2. The van der Waals surface area contributed by atoms with Gasteiger partial charge in [0.15, 0.2) is 6.29 Å². The van der Waals surface area contributed by atoms with E-state index in [1.165, 1.54) is 6.26 Å². The summed E-state index contributed by atoms with van der Waals surface area (Å²) in [6.07, 6.45) is -5.25. The van der Waals surface area contributed by atoms with Crippen molar-refractivity contribution in [2.24, 2.45) is 5.92 Å². The first kappa shape index (κ1) is 21.2. The number of likely N-dealkylation sites (tertiary alicyclic amines) is 1. The van der Waals surface area contributed by atoms with Crippen LogP contribution < -0.4 is 0 Å². The number of hydrogen-bond acceptors (Lipinski definition) is 9. The molecule has 4 N–H and O–H groups in total. The molecule has 150 valence electrons. The molecule has 0 aromatic carbocycles. The van der Waals surface area contributed by atoms with E-state index in [0.29, 0.717) is 0 Å². The molecule has 2 amide bonds. The zero-order valence-electron chi connectivity index (χ0n) is 14.7. The molecular weight excluding hydrogens is 368 g/mol. The van der Waals surface area contributed by atoms with Crippen LogP contribution in [0.1, 0.15) is 19.8 Å². The van der Waals surface area contributed by atoms with Crippen LogP contribution in [0.25, 0.3) is 0 Å². The quantitative estimate of drug-likeness (QED) is 0.371. The first-order valence-electron chi connectivity index (χ1n) is 8.38. The summed E-state index contributed by atoms with van der Waals surface area (Å²) < 4.78 is 29.7. The highest BCUT2D eigenvalue weighted by atomic mass is 32.2. The monoisotopic (exact) mass is 394 g/mol. The SMILES string of the molecule is CC1CC(=O)N(CCO[C@H]2O[C@H](CCS(C)(=N)=O)[C@@H](O)[C@H](O)[C@@H]2O)C1=O. The molecule has 2 aliphatic rings. The fraction of sp³-hybridized carbons (Fsp3) is 0.867. The lowest BCUT2D eigenvalue weighted by Gasteiger charge is -2.40. The van der Waals surface area contributed by atoms with E-state index in [1.807, 2.05) is 0 Å².